The summed E-state index contributed by atoms with van der Waals surface area (Å²) in [6.45, 7) is -0.678. The van der Waals surface area contributed by atoms with Gasteiger partial charge in [-0.2, -0.15) is 0 Å². The minimum absolute atomic E-state index is 0.678. The maximum Gasteiger partial charge on any atom is 0.329 e. The highest BCUT2D eigenvalue weighted by molar-refractivity contribution is 5.72. The Bertz CT molecular complexity index is 97.1. The molecular formula is C3H7F2N3O. The average Bonchev–Trinajstić information content (AvgIpc) is 1.83. The second kappa shape index (κ2) is 4.02. The summed E-state index contributed by atoms with van der Waals surface area (Å²) in [6.07, 6.45) is -2.54. The van der Waals surface area contributed by atoms with Gasteiger partial charge in [0.25, 0.3) is 6.43 Å². The number of halogens is 2. The summed E-state index contributed by atoms with van der Waals surface area (Å²) in [5.41, 5.74) is 1.64. The Morgan fingerprint density at radius 1 is 1.67 bits per heavy atom. The number of alkyl halides is 2. The standard InChI is InChI=1S/C3H7F2N3O/c4-2(5)1-7-3(9)8-6/h2H,1,6H2,(H2,7,8,9). The first-order chi connectivity index (χ1) is 4.16. The smallest absolute Gasteiger partial charge is 0.329 e. The Kier molecular flexibility index (Phi) is 3.61. The zero-order chi connectivity index (χ0) is 7.28. The molecule has 0 aliphatic carbocycles. The monoisotopic (exact) mass is 139 g/mol. The maximum absolute atomic E-state index is 11.2. The summed E-state index contributed by atoms with van der Waals surface area (Å²) in [4.78, 5) is 10.0. The third-order valence-corrected chi connectivity index (χ3v) is 0.548. The number of amides is 2. The average molecular weight is 139 g/mol. The van der Waals surface area contributed by atoms with Crippen molar-refractivity contribution < 1.29 is 13.6 Å². The van der Waals surface area contributed by atoms with Crippen LogP contribution in [0.25, 0.3) is 0 Å². The van der Waals surface area contributed by atoms with Crippen LogP contribution in [0.1, 0.15) is 0 Å². The van der Waals surface area contributed by atoms with Crippen molar-refractivity contribution in [3.8, 4) is 0 Å². The second-order valence-corrected chi connectivity index (χ2v) is 1.25. The number of nitrogens with one attached hydrogen (secondary N) is 2. The number of nitrogens with two attached hydrogens (primary N) is 1. The summed E-state index contributed by atoms with van der Waals surface area (Å²) >= 11 is 0. The van der Waals surface area contributed by atoms with Gasteiger partial charge in [-0.25, -0.2) is 19.4 Å². The summed E-state index contributed by atoms with van der Waals surface area (Å²) in [6, 6.07) is -0.810. The fraction of sp³-hybridized carbons (Fsp3) is 0.667. The number of carbonyl (C=O) groups is 1. The van der Waals surface area contributed by atoms with E-state index in [0.29, 0.717) is 0 Å². The largest absolute Gasteiger partial charge is 0.331 e. The van der Waals surface area contributed by atoms with Crippen LogP contribution in [-0.4, -0.2) is 19.0 Å². The van der Waals surface area contributed by atoms with E-state index in [1.165, 1.54) is 0 Å². The van der Waals surface area contributed by atoms with Gasteiger partial charge in [-0.05, 0) is 0 Å². The topological polar surface area (TPSA) is 67.1 Å². The lowest BCUT2D eigenvalue weighted by Gasteiger charge is -2.00. The molecule has 0 aromatic heterocycles. The van der Waals surface area contributed by atoms with Crippen LogP contribution in [-0.2, 0) is 0 Å². The molecule has 0 aromatic carbocycles. The summed E-state index contributed by atoms with van der Waals surface area (Å²) < 4.78 is 22.5. The Morgan fingerprint density at radius 3 is 2.56 bits per heavy atom. The Morgan fingerprint density at radius 2 is 2.22 bits per heavy atom. The lowest BCUT2D eigenvalue weighted by Crippen LogP contribution is -2.41. The zero-order valence-electron chi connectivity index (χ0n) is 4.53. The first-order valence-corrected chi connectivity index (χ1v) is 2.19. The molecule has 0 rings (SSSR count). The van der Waals surface area contributed by atoms with E-state index < -0.39 is 19.0 Å². The molecule has 6 heteroatoms. The van der Waals surface area contributed by atoms with Gasteiger partial charge in [0.2, 0.25) is 0 Å². The fourth-order valence-electron chi connectivity index (χ4n) is 0.221. The molecule has 0 saturated carbocycles. The molecular weight excluding hydrogens is 132 g/mol. The molecule has 0 saturated heterocycles. The normalized spacial score (nSPS) is 9.33. The summed E-state index contributed by atoms with van der Waals surface area (Å²) in [7, 11) is 0. The minimum atomic E-state index is -2.54. The van der Waals surface area contributed by atoms with Crippen molar-refractivity contribution in [2.75, 3.05) is 6.54 Å². The van der Waals surface area contributed by atoms with Gasteiger partial charge in [-0.1, -0.05) is 0 Å². The highest BCUT2D eigenvalue weighted by atomic mass is 19.3. The van der Waals surface area contributed by atoms with Gasteiger partial charge in [-0.3, -0.25) is 5.43 Å². The fourth-order valence-corrected chi connectivity index (χ4v) is 0.221. The minimum Gasteiger partial charge on any atom is -0.331 e. The van der Waals surface area contributed by atoms with E-state index in [2.05, 4.69) is 5.84 Å². The van der Waals surface area contributed by atoms with Gasteiger partial charge < -0.3 is 5.32 Å². The predicted octanol–water partition coefficient (Wildman–Crippen LogP) is -0.576. The summed E-state index contributed by atoms with van der Waals surface area (Å²) in [5.74, 6) is 4.55. The van der Waals surface area contributed by atoms with Crippen LogP contribution in [0.5, 0.6) is 0 Å². The number of rotatable bonds is 2. The lowest BCUT2D eigenvalue weighted by atomic mass is 10.7. The molecule has 4 N–H and O–H groups in total. The molecule has 0 atom stereocenters. The molecule has 0 aliphatic rings. The van der Waals surface area contributed by atoms with Crippen LogP contribution in [0, 0.1) is 0 Å². The molecule has 0 bridgehead atoms. The van der Waals surface area contributed by atoms with Gasteiger partial charge in [0.15, 0.2) is 0 Å². The molecule has 0 aromatic rings. The SMILES string of the molecule is NNC(=O)NCC(F)F. The van der Waals surface area contributed by atoms with E-state index in [0.717, 1.165) is 0 Å². The molecule has 0 heterocycles. The number of carbonyl (C=O) groups excluding carboxylic acids is 1. The quantitative estimate of drug-likeness (QED) is 0.272. The second-order valence-electron chi connectivity index (χ2n) is 1.25. The van der Waals surface area contributed by atoms with Crippen molar-refractivity contribution in [3.63, 3.8) is 0 Å². The predicted molar refractivity (Wildman–Crippen MR) is 26.7 cm³/mol. The zero-order valence-corrected chi connectivity index (χ0v) is 4.53. The molecule has 54 valence electrons. The molecule has 4 nitrogen and oxygen atoms in total. The first-order valence-electron chi connectivity index (χ1n) is 2.19. The first kappa shape index (κ1) is 8.09. The maximum atomic E-state index is 11.2. The van der Waals surface area contributed by atoms with Gasteiger partial charge >= 0.3 is 6.03 Å². The molecule has 2 amide bonds. The van der Waals surface area contributed by atoms with Gasteiger partial charge in [0, 0.05) is 0 Å². The van der Waals surface area contributed by atoms with Crippen LogP contribution in [0.2, 0.25) is 0 Å². The molecule has 0 aliphatic heterocycles. The van der Waals surface area contributed by atoms with Crippen LogP contribution in [0.4, 0.5) is 13.6 Å². The molecule has 0 spiro atoms. The Hall–Kier alpha value is -0.910. The number of hydrogen-bond donors (Lipinski definition) is 3. The van der Waals surface area contributed by atoms with Crippen LogP contribution in [0.15, 0.2) is 0 Å². The summed E-state index contributed by atoms with van der Waals surface area (Å²) in [5, 5.41) is 1.81. The number of hydrogen-bond acceptors (Lipinski definition) is 2. The van der Waals surface area contributed by atoms with E-state index in [-0.39, 0.29) is 0 Å². The molecule has 0 radical (unpaired) electrons. The molecule has 9 heavy (non-hydrogen) atoms. The lowest BCUT2D eigenvalue weighted by molar-refractivity contribution is 0.146. The van der Waals surface area contributed by atoms with E-state index in [1.807, 2.05) is 0 Å². The van der Waals surface area contributed by atoms with Crippen molar-refractivity contribution in [1.82, 2.24) is 10.7 Å². The van der Waals surface area contributed by atoms with Gasteiger partial charge in [0.1, 0.15) is 0 Å². The number of hydrazine groups is 1. The highest BCUT2D eigenvalue weighted by Crippen LogP contribution is 1.86. The van der Waals surface area contributed by atoms with E-state index in [9.17, 15) is 13.6 Å². The van der Waals surface area contributed by atoms with Crippen molar-refractivity contribution in [2.45, 2.75) is 6.43 Å². The van der Waals surface area contributed by atoms with Crippen molar-refractivity contribution >= 4 is 6.03 Å². The van der Waals surface area contributed by atoms with Crippen molar-refractivity contribution in [1.29, 1.82) is 0 Å². The molecule has 0 unspecified atom stereocenters. The molecule has 0 fully saturated rings. The van der Waals surface area contributed by atoms with Crippen molar-refractivity contribution in [3.05, 3.63) is 0 Å². The van der Waals surface area contributed by atoms with Gasteiger partial charge in [-0.15, -0.1) is 0 Å². The third-order valence-electron chi connectivity index (χ3n) is 0.548. The number of urea groups is 1. The van der Waals surface area contributed by atoms with Crippen LogP contribution >= 0.6 is 0 Å². The van der Waals surface area contributed by atoms with Crippen LogP contribution in [0.3, 0.4) is 0 Å². The van der Waals surface area contributed by atoms with Gasteiger partial charge in [0.05, 0.1) is 6.54 Å². The van der Waals surface area contributed by atoms with Crippen molar-refractivity contribution in [2.24, 2.45) is 5.84 Å². The van der Waals surface area contributed by atoms with E-state index >= 15 is 0 Å². The Labute approximate surface area is 50.4 Å². The van der Waals surface area contributed by atoms with E-state index in [1.54, 1.807) is 10.7 Å². The highest BCUT2D eigenvalue weighted by Gasteiger charge is 2.02. The Balaban J connectivity index is 3.17. The third kappa shape index (κ3) is 4.95. The van der Waals surface area contributed by atoms with E-state index in [4.69, 9.17) is 0 Å². The van der Waals surface area contributed by atoms with Crippen LogP contribution < -0.4 is 16.6 Å².